The Morgan fingerprint density at radius 2 is 0.783 bits per heavy atom. The molecule has 46 heavy (non-hydrogen) atoms. The van der Waals surface area contributed by atoms with Gasteiger partial charge in [-0.05, 0) is 113 Å². The SMILES string of the molecule is Cc1c(C2c3ccc(C4CCCCC4)c(C#N)c3C(C)c3c2ccc(C2CCCCC2)c3C#N)ccc(C2CCCCC2)c1C#N. The molecular weight excluding hydrogens is 558 g/mol. The molecule has 0 amide bonds. The van der Waals surface area contributed by atoms with E-state index in [1.54, 1.807) is 0 Å². The summed E-state index contributed by atoms with van der Waals surface area (Å²) < 4.78 is 0. The van der Waals surface area contributed by atoms with Gasteiger partial charge in [-0.1, -0.05) is 101 Å². The normalized spacial score (nSPS) is 22.2. The summed E-state index contributed by atoms with van der Waals surface area (Å²) in [5.41, 5.74) is 13.0. The number of fused-ring (bicyclic) bond motifs is 2. The van der Waals surface area contributed by atoms with Crippen LogP contribution in [0.4, 0.5) is 0 Å². The van der Waals surface area contributed by atoms with E-state index in [-0.39, 0.29) is 11.8 Å². The summed E-state index contributed by atoms with van der Waals surface area (Å²) in [6, 6.07) is 21.8. The van der Waals surface area contributed by atoms with Gasteiger partial charge >= 0.3 is 0 Å². The zero-order valence-electron chi connectivity index (χ0n) is 27.8. The highest BCUT2D eigenvalue weighted by Gasteiger charge is 2.39. The monoisotopic (exact) mass is 605 g/mol. The lowest BCUT2D eigenvalue weighted by Gasteiger charge is -2.38. The molecule has 0 N–H and O–H groups in total. The first-order valence-electron chi connectivity index (χ1n) is 18.2. The second kappa shape index (κ2) is 13.1. The molecule has 234 valence electrons. The van der Waals surface area contributed by atoms with Crippen molar-refractivity contribution in [1.29, 1.82) is 15.8 Å². The molecule has 4 aliphatic rings. The Morgan fingerprint density at radius 1 is 0.457 bits per heavy atom. The predicted molar refractivity (Wildman–Crippen MR) is 184 cm³/mol. The fourth-order valence-electron chi connectivity index (χ4n) is 10.1. The summed E-state index contributed by atoms with van der Waals surface area (Å²) >= 11 is 0. The van der Waals surface area contributed by atoms with Crippen molar-refractivity contribution in [2.45, 2.75) is 140 Å². The molecule has 0 unspecified atom stereocenters. The van der Waals surface area contributed by atoms with Crippen LogP contribution in [0.3, 0.4) is 0 Å². The van der Waals surface area contributed by atoms with Gasteiger partial charge in [0.25, 0.3) is 0 Å². The van der Waals surface area contributed by atoms with Gasteiger partial charge in [0, 0.05) is 11.8 Å². The molecule has 0 bridgehead atoms. The van der Waals surface area contributed by atoms with Crippen LogP contribution in [0, 0.1) is 40.9 Å². The van der Waals surface area contributed by atoms with E-state index in [0.717, 1.165) is 77.5 Å². The van der Waals surface area contributed by atoms with Crippen molar-refractivity contribution in [3.8, 4) is 18.2 Å². The molecule has 3 nitrogen and oxygen atoms in total. The minimum Gasteiger partial charge on any atom is -0.192 e. The van der Waals surface area contributed by atoms with Gasteiger partial charge in [-0.2, -0.15) is 15.8 Å². The molecular formula is C43H47N3. The maximum absolute atomic E-state index is 10.9. The van der Waals surface area contributed by atoms with Crippen molar-refractivity contribution in [3.63, 3.8) is 0 Å². The molecule has 0 saturated heterocycles. The minimum absolute atomic E-state index is 0.0464. The lowest BCUT2D eigenvalue weighted by molar-refractivity contribution is 0.442. The fourth-order valence-corrected chi connectivity index (χ4v) is 10.1. The van der Waals surface area contributed by atoms with Crippen molar-refractivity contribution >= 4 is 0 Å². The summed E-state index contributed by atoms with van der Waals surface area (Å²) in [7, 11) is 0. The van der Waals surface area contributed by atoms with Crippen LogP contribution in [-0.2, 0) is 0 Å². The molecule has 0 radical (unpaired) electrons. The third-order valence-electron chi connectivity index (χ3n) is 12.4. The van der Waals surface area contributed by atoms with Gasteiger partial charge in [-0.3, -0.25) is 0 Å². The summed E-state index contributed by atoms with van der Waals surface area (Å²) in [5.74, 6) is 1.13. The minimum atomic E-state index is -0.117. The van der Waals surface area contributed by atoms with Crippen LogP contribution in [0.25, 0.3) is 0 Å². The van der Waals surface area contributed by atoms with E-state index < -0.39 is 0 Å². The molecule has 0 heterocycles. The third kappa shape index (κ3) is 5.16. The number of benzene rings is 3. The highest BCUT2D eigenvalue weighted by Crippen LogP contribution is 2.53. The Labute approximate surface area is 276 Å². The van der Waals surface area contributed by atoms with E-state index in [1.807, 2.05) is 0 Å². The number of nitrogens with zero attached hydrogens (tertiary/aromatic N) is 3. The quantitative estimate of drug-likeness (QED) is 0.297. The van der Waals surface area contributed by atoms with E-state index in [4.69, 9.17) is 0 Å². The lowest BCUT2D eigenvalue weighted by Crippen LogP contribution is -2.24. The summed E-state index contributed by atoms with van der Waals surface area (Å²) in [6.45, 7) is 4.38. The van der Waals surface area contributed by atoms with Crippen LogP contribution in [0.15, 0.2) is 36.4 Å². The molecule has 0 aromatic heterocycles. The molecule has 0 atom stereocenters. The first-order chi connectivity index (χ1) is 22.6. The van der Waals surface area contributed by atoms with Crippen molar-refractivity contribution in [2.24, 2.45) is 0 Å². The lowest BCUT2D eigenvalue weighted by atomic mass is 9.65. The summed E-state index contributed by atoms with van der Waals surface area (Å²) in [5, 5.41) is 32.3. The van der Waals surface area contributed by atoms with Gasteiger partial charge in [0.15, 0.2) is 0 Å². The highest BCUT2D eigenvalue weighted by atomic mass is 14.4. The van der Waals surface area contributed by atoms with E-state index in [2.05, 4.69) is 68.5 Å². The van der Waals surface area contributed by atoms with E-state index in [0.29, 0.717) is 17.8 Å². The highest BCUT2D eigenvalue weighted by molar-refractivity contribution is 5.68. The Balaban J connectivity index is 1.47. The van der Waals surface area contributed by atoms with Gasteiger partial charge in [-0.25, -0.2) is 0 Å². The molecule has 3 heteroatoms. The Hall–Kier alpha value is -3.87. The Kier molecular flexibility index (Phi) is 8.76. The molecule has 3 aromatic rings. The molecule has 3 aromatic carbocycles. The van der Waals surface area contributed by atoms with Gasteiger partial charge in [-0.15, -0.1) is 0 Å². The largest absolute Gasteiger partial charge is 0.192 e. The second-order valence-corrected chi connectivity index (χ2v) is 14.8. The summed E-state index contributed by atoms with van der Waals surface area (Å²) in [4.78, 5) is 0. The van der Waals surface area contributed by atoms with Crippen molar-refractivity contribution < 1.29 is 0 Å². The Bertz CT molecular complexity index is 1670. The van der Waals surface area contributed by atoms with Crippen LogP contribution in [0.2, 0.25) is 0 Å². The molecule has 7 rings (SSSR count). The molecule has 3 fully saturated rings. The maximum atomic E-state index is 10.9. The number of hydrogen-bond donors (Lipinski definition) is 0. The number of nitriles is 3. The van der Waals surface area contributed by atoms with Gasteiger partial charge in [0.05, 0.1) is 34.9 Å². The topological polar surface area (TPSA) is 71.4 Å². The van der Waals surface area contributed by atoms with Gasteiger partial charge in [0.1, 0.15) is 0 Å². The van der Waals surface area contributed by atoms with Crippen LogP contribution >= 0.6 is 0 Å². The molecule has 3 saturated carbocycles. The maximum Gasteiger partial charge on any atom is 0.0997 e. The third-order valence-corrected chi connectivity index (χ3v) is 12.4. The molecule has 4 aliphatic carbocycles. The summed E-state index contributed by atoms with van der Waals surface area (Å²) in [6.07, 6.45) is 18.1. The molecule has 0 spiro atoms. The Morgan fingerprint density at radius 3 is 1.15 bits per heavy atom. The van der Waals surface area contributed by atoms with Crippen molar-refractivity contribution in [2.75, 3.05) is 0 Å². The van der Waals surface area contributed by atoms with Crippen LogP contribution in [0.1, 0.15) is 200 Å². The molecule has 0 aliphatic heterocycles. The number of rotatable bonds is 4. The van der Waals surface area contributed by atoms with Crippen molar-refractivity contribution in [3.05, 3.63) is 103 Å². The average molecular weight is 606 g/mol. The van der Waals surface area contributed by atoms with Crippen LogP contribution < -0.4 is 0 Å². The first kappa shape index (κ1) is 30.8. The second-order valence-electron chi connectivity index (χ2n) is 14.8. The smallest absolute Gasteiger partial charge is 0.0997 e. The predicted octanol–water partition coefficient (Wildman–Crippen LogP) is 11.4. The zero-order chi connectivity index (χ0) is 31.8. The van der Waals surface area contributed by atoms with Crippen molar-refractivity contribution in [1.82, 2.24) is 0 Å². The van der Waals surface area contributed by atoms with Gasteiger partial charge in [0.2, 0.25) is 0 Å². The van der Waals surface area contributed by atoms with Gasteiger partial charge < -0.3 is 0 Å². The van der Waals surface area contributed by atoms with Crippen LogP contribution in [-0.4, -0.2) is 0 Å². The van der Waals surface area contributed by atoms with E-state index >= 15 is 0 Å². The number of hydrogen-bond acceptors (Lipinski definition) is 3. The van der Waals surface area contributed by atoms with E-state index in [9.17, 15) is 15.8 Å². The zero-order valence-corrected chi connectivity index (χ0v) is 27.8. The average Bonchev–Trinajstić information content (AvgIpc) is 3.12. The first-order valence-corrected chi connectivity index (χ1v) is 18.2. The van der Waals surface area contributed by atoms with E-state index in [1.165, 1.54) is 85.6 Å². The van der Waals surface area contributed by atoms with Crippen LogP contribution in [0.5, 0.6) is 0 Å². The standard InChI is InChI=1S/C43H47N3/c1-27-32(18-19-33(38(27)24-44)29-12-6-3-7-13-29)43-36-22-20-34(30-14-8-4-9-15-30)39(25-45)41(36)28(2)42-37(43)23-21-35(40(42)26-46)31-16-10-5-11-17-31/h18-23,28-31,43H,3-17H2,1-2H3. The fraction of sp³-hybridized carbons (Fsp3) is 0.512.